The normalized spacial score (nSPS) is 13.2. The number of rotatable bonds is 6. The number of hydrogen-bond donors (Lipinski definition) is 0. The van der Waals surface area contributed by atoms with Gasteiger partial charge in [0.2, 0.25) is 5.91 Å². The predicted molar refractivity (Wildman–Crippen MR) is 112 cm³/mol. The van der Waals surface area contributed by atoms with E-state index >= 15 is 0 Å². The molecule has 7 nitrogen and oxygen atoms in total. The number of benzene rings is 2. The molecule has 1 aliphatic rings. The molecule has 1 heterocycles. The second kappa shape index (κ2) is 9.43. The van der Waals surface area contributed by atoms with E-state index in [9.17, 15) is 14.4 Å². The zero-order chi connectivity index (χ0) is 21.7. The van der Waals surface area contributed by atoms with E-state index in [1.807, 2.05) is 26.0 Å². The van der Waals surface area contributed by atoms with Gasteiger partial charge in [-0.15, -0.1) is 0 Å². The molecule has 0 saturated carbocycles. The molecule has 158 valence electrons. The van der Waals surface area contributed by atoms with Crippen molar-refractivity contribution in [2.75, 3.05) is 31.7 Å². The summed E-state index contributed by atoms with van der Waals surface area (Å²) in [6.45, 7) is 4.06. The van der Waals surface area contributed by atoms with Gasteiger partial charge in [0.25, 0.3) is 5.91 Å². The first-order valence-corrected chi connectivity index (χ1v) is 9.83. The van der Waals surface area contributed by atoms with Crippen molar-refractivity contribution in [1.82, 2.24) is 4.90 Å². The summed E-state index contributed by atoms with van der Waals surface area (Å²) < 4.78 is 10.7. The van der Waals surface area contributed by atoms with Crippen LogP contribution in [-0.2, 0) is 25.7 Å². The molecule has 0 radical (unpaired) electrons. The third-order valence-corrected chi connectivity index (χ3v) is 5.01. The number of fused-ring (bicyclic) bond motifs is 1. The Kier molecular flexibility index (Phi) is 6.72. The summed E-state index contributed by atoms with van der Waals surface area (Å²) in [5, 5.41) is 0. The van der Waals surface area contributed by atoms with E-state index in [2.05, 4.69) is 6.07 Å². The van der Waals surface area contributed by atoms with Crippen LogP contribution in [0.4, 0.5) is 5.69 Å². The summed E-state index contributed by atoms with van der Waals surface area (Å²) >= 11 is 0. The number of anilines is 1. The molecule has 0 N–H and O–H groups in total. The van der Waals surface area contributed by atoms with Crippen LogP contribution in [0.15, 0.2) is 42.5 Å². The van der Waals surface area contributed by atoms with E-state index in [1.54, 1.807) is 31.3 Å². The van der Waals surface area contributed by atoms with Crippen LogP contribution in [0.1, 0.15) is 23.1 Å². The standard InChI is InChI=1S/C23H26N2O5/c1-16-8-9-18(17(2)12-16)13-24(3)22(27)15-30-23(28)14-25-19-6-4-5-7-20(19)29-11-10-21(25)26/h4-9,12H,10-11,13-15H2,1-3H3. The number of carbonyl (C=O) groups excluding carboxylic acids is 3. The monoisotopic (exact) mass is 410 g/mol. The Morgan fingerprint density at radius 2 is 1.93 bits per heavy atom. The summed E-state index contributed by atoms with van der Waals surface area (Å²) in [5.41, 5.74) is 3.83. The number of amides is 2. The summed E-state index contributed by atoms with van der Waals surface area (Å²) in [6, 6.07) is 13.1. The summed E-state index contributed by atoms with van der Waals surface area (Å²) in [7, 11) is 1.67. The van der Waals surface area contributed by atoms with Gasteiger partial charge in [-0.2, -0.15) is 0 Å². The second-order valence-electron chi connectivity index (χ2n) is 7.39. The van der Waals surface area contributed by atoms with Crippen LogP contribution in [0.25, 0.3) is 0 Å². The molecule has 0 fully saturated rings. The number of hydrogen-bond acceptors (Lipinski definition) is 5. The summed E-state index contributed by atoms with van der Waals surface area (Å²) in [4.78, 5) is 40.0. The SMILES string of the molecule is Cc1ccc(CN(C)C(=O)COC(=O)CN2C(=O)CCOc3ccccc32)c(C)c1. The lowest BCUT2D eigenvalue weighted by Crippen LogP contribution is -2.37. The number of para-hydroxylation sites is 2. The van der Waals surface area contributed by atoms with Crippen LogP contribution < -0.4 is 9.64 Å². The number of esters is 1. The number of carbonyl (C=O) groups is 3. The van der Waals surface area contributed by atoms with Crippen LogP contribution in [0.5, 0.6) is 5.75 Å². The molecule has 2 amide bonds. The molecule has 0 atom stereocenters. The molecule has 3 rings (SSSR count). The van der Waals surface area contributed by atoms with Gasteiger partial charge in [0.1, 0.15) is 12.3 Å². The van der Waals surface area contributed by atoms with Gasteiger partial charge >= 0.3 is 5.97 Å². The fraction of sp³-hybridized carbons (Fsp3) is 0.348. The molecule has 0 aromatic heterocycles. The molecular formula is C23H26N2O5. The van der Waals surface area contributed by atoms with Gasteiger partial charge < -0.3 is 14.4 Å². The van der Waals surface area contributed by atoms with Crippen molar-refractivity contribution in [1.29, 1.82) is 0 Å². The summed E-state index contributed by atoms with van der Waals surface area (Å²) in [6.07, 6.45) is 0.166. The first-order chi connectivity index (χ1) is 14.3. The molecule has 30 heavy (non-hydrogen) atoms. The van der Waals surface area contributed by atoms with Gasteiger partial charge in [-0.05, 0) is 37.1 Å². The van der Waals surface area contributed by atoms with E-state index in [0.29, 0.717) is 18.0 Å². The third kappa shape index (κ3) is 5.17. The molecule has 0 unspecified atom stereocenters. The highest BCUT2D eigenvalue weighted by Crippen LogP contribution is 2.30. The maximum absolute atomic E-state index is 12.4. The van der Waals surface area contributed by atoms with Crippen molar-refractivity contribution in [3.05, 3.63) is 59.2 Å². The Balaban J connectivity index is 1.56. The van der Waals surface area contributed by atoms with Gasteiger partial charge in [0, 0.05) is 13.6 Å². The number of ether oxygens (including phenoxy) is 2. The van der Waals surface area contributed by atoms with Crippen molar-refractivity contribution in [3.63, 3.8) is 0 Å². The van der Waals surface area contributed by atoms with Crippen molar-refractivity contribution in [2.24, 2.45) is 0 Å². The minimum absolute atomic E-state index is 0.166. The molecule has 7 heteroatoms. The van der Waals surface area contributed by atoms with Gasteiger partial charge in [0.15, 0.2) is 6.61 Å². The number of nitrogens with zero attached hydrogens (tertiary/aromatic N) is 2. The quantitative estimate of drug-likeness (QED) is 0.685. The average Bonchev–Trinajstić information content (AvgIpc) is 2.87. The Morgan fingerprint density at radius 1 is 1.17 bits per heavy atom. The Labute approximate surface area is 176 Å². The summed E-state index contributed by atoms with van der Waals surface area (Å²) in [5.74, 6) is -0.641. The van der Waals surface area contributed by atoms with Crippen molar-refractivity contribution < 1.29 is 23.9 Å². The van der Waals surface area contributed by atoms with Gasteiger partial charge in [-0.25, -0.2) is 0 Å². The van der Waals surface area contributed by atoms with E-state index in [-0.39, 0.29) is 38.0 Å². The Bertz CT molecular complexity index is 956. The van der Waals surface area contributed by atoms with Crippen LogP contribution in [0.3, 0.4) is 0 Å². The smallest absolute Gasteiger partial charge is 0.326 e. The van der Waals surface area contributed by atoms with Crippen LogP contribution >= 0.6 is 0 Å². The molecule has 0 spiro atoms. The van der Waals surface area contributed by atoms with Gasteiger partial charge in [-0.3, -0.25) is 19.3 Å². The lowest BCUT2D eigenvalue weighted by atomic mass is 10.1. The van der Waals surface area contributed by atoms with E-state index in [4.69, 9.17) is 9.47 Å². The van der Waals surface area contributed by atoms with E-state index in [0.717, 1.165) is 16.7 Å². The minimum Gasteiger partial charge on any atom is -0.491 e. The van der Waals surface area contributed by atoms with Crippen molar-refractivity contribution in [2.45, 2.75) is 26.8 Å². The van der Waals surface area contributed by atoms with E-state index in [1.165, 1.54) is 9.80 Å². The lowest BCUT2D eigenvalue weighted by molar-refractivity contribution is -0.150. The molecule has 0 saturated heterocycles. The fourth-order valence-electron chi connectivity index (χ4n) is 3.29. The molecule has 2 aromatic carbocycles. The lowest BCUT2D eigenvalue weighted by Gasteiger charge is -2.22. The van der Waals surface area contributed by atoms with E-state index < -0.39 is 5.97 Å². The second-order valence-corrected chi connectivity index (χ2v) is 7.39. The zero-order valence-corrected chi connectivity index (χ0v) is 17.5. The predicted octanol–water partition coefficient (Wildman–Crippen LogP) is 2.62. The molecule has 0 aliphatic carbocycles. The maximum atomic E-state index is 12.4. The molecule has 2 aromatic rings. The average molecular weight is 410 g/mol. The topological polar surface area (TPSA) is 76.2 Å². The minimum atomic E-state index is -0.645. The Morgan fingerprint density at radius 3 is 2.70 bits per heavy atom. The fourth-order valence-corrected chi connectivity index (χ4v) is 3.29. The highest BCUT2D eigenvalue weighted by Gasteiger charge is 2.26. The zero-order valence-electron chi connectivity index (χ0n) is 17.5. The number of aryl methyl sites for hydroxylation is 2. The van der Waals surface area contributed by atoms with Gasteiger partial charge in [-0.1, -0.05) is 35.9 Å². The Hall–Kier alpha value is -3.35. The number of likely N-dealkylation sites (N-methyl/N-ethyl adjacent to an activating group) is 1. The molecule has 1 aliphatic heterocycles. The molecule has 0 bridgehead atoms. The van der Waals surface area contributed by atoms with Crippen LogP contribution in [-0.4, -0.2) is 49.5 Å². The highest BCUT2D eigenvalue weighted by atomic mass is 16.5. The van der Waals surface area contributed by atoms with Crippen LogP contribution in [0.2, 0.25) is 0 Å². The van der Waals surface area contributed by atoms with Gasteiger partial charge in [0.05, 0.1) is 18.7 Å². The third-order valence-electron chi connectivity index (χ3n) is 5.01. The molecular weight excluding hydrogens is 384 g/mol. The first-order valence-electron chi connectivity index (χ1n) is 9.83. The van der Waals surface area contributed by atoms with Crippen LogP contribution in [0, 0.1) is 13.8 Å². The van der Waals surface area contributed by atoms with Crippen molar-refractivity contribution in [3.8, 4) is 5.75 Å². The first kappa shape index (κ1) is 21.4. The van der Waals surface area contributed by atoms with Crippen molar-refractivity contribution >= 4 is 23.5 Å². The highest BCUT2D eigenvalue weighted by molar-refractivity contribution is 5.99. The maximum Gasteiger partial charge on any atom is 0.326 e. The largest absolute Gasteiger partial charge is 0.491 e.